The number of aryl methyl sites for hydroxylation is 2. The second-order valence-corrected chi connectivity index (χ2v) is 5.28. The number of aliphatic carboxylic acids is 1. The highest BCUT2D eigenvalue weighted by atomic mass is 16.4. The standard InChI is InChI=1S/C15H18N2O4/c1-9-5-10(2)7-11(6-9)15(21)17-4-3-16-14(20)12(17)8-13(18)19/h5-7,12H,3-4,8H2,1-2H3,(H,16,20)(H,18,19). The van der Waals surface area contributed by atoms with Crippen LogP contribution >= 0.6 is 0 Å². The van der Waals surface area contributed by atoms with Gasteiger partial charge in [0.05, 0.1) is 6.42 Å². The summed E-state index contributed by atoms with van der Waals surface area (Å²) < 4.78 is 0. The van der Waals surface area contributed by atoms with E-state index in [1.807, 2.05) is 19.9 Å². The van der Waals surface area contributed by atoms with Crippen molar-refractivity contribution in [3.8, 4) is 0 Å². The predicted octanol–water partition coefficient (Wildman–Crippen LogP) is 0.719. The lowest BCUT2D eigenvalue weighted by Crippen LogP contribution is -2.57. The summed E-state index contributed by atoms with van der Waals surface area (Å²) in [6.45, 7) is 4.43. The molecule has 1 aromatic carbocycles. The molecule has 0 aromatic heterocycles. The molecule has 2 N–H and O–H groups in total. The molecule has 6 nitrogen and oxygen atoms in total. The van der Waals surface area contributed by atoms with Crippen LogP contribution in [0.1, 0.15) is 27.9 Å². The first kappa shape index (κ1) is 15.0. The molecule has 112 valence electrons. The van der Waals surface area contributed by atoms with E-state index in [9.17, 15) is 14.4 Å². The number of nitrogens with zero attached hydrogens (tertiary/aromatic N) is 1. The van der Waals surface area contributed by atoms with Gasteiger partial charge in [-0.1, -0.05) is 17.2 Å². The molecule has 1 aliphatic rings. The van der Waals surface area contributed by atoms with Crippen LogP contribution in [0.5, 0.6) is 0 Å². The second-order valence-electron chi connectivity index (χ2n) is 5.28. The first-order valence-corrected chi connectivity index (χ1v) is 6.77. The van der Waals surface area contributed by atoms with Crippen LogP contribution in [0.3, 0.4) is 0 Å². The van der Waals surface area contributed by atoms with Gasteiger partial charge >= 0.3 is 5.97 Å². The Bertz CT molecular complexity index is 577. The highest BCUT2D eigenvalue weighted by molar-refractivity contribution is 5.99. The van der Waals surface area contributed by atoms with Crippen LogP contribution in [0.2, 0.25) is 0 Å². The molecule has 0 aliphatic carbocycles. The number of carboxylic acid groups (broad SMARTS) is 1. The number of amides is 2. The van der Waals surface area contributed by atoms with E-state index in [1.54, 1.807) is 12.1 Å². The summed E-state index contributed by atoms with van der Waals surface area (Å²) >= 11 is 0. The first-order valence-electron chi connectivity index (χ1n) is 6.77. The molecule has 21 heavy (non-hydrogen) atoms. The Hall–Kier alpha value is -2.37. The first-order chi connectivity index (χ1) is 9.88. The average Bonchev–Trinajstić information content (AvgIpc) is 2.38. The van der Waals surface area contributed by atoms with Gasteiger partial charge in [-0.05, 0) is 26.0 Å². The third-order valence-corrected chi connectivity index (χ3v) is 3.43. The maximum Gasteiger partial charge on any atom is 0.305 e. The van der Waals surface area contributed by atoms with Gasteiger partial charge in [-0.3, -0.25) is 14.4 Å². The normalized spacial score (nSPS) is 18.3. The molecular weight excluding hydrogens is 272 g/mol. The summed E-state index contributed by atoms with van der Waals surface area (Å²) in [7, 11) is 0. The van der Waals surface area contributed by atoms with Crippen molar-refractivity contribution in [2.75, 3.05) is 13.1 Å². The van der Waals surface area contributed by atoms with Crippen molar-refractivity contribution >= 4 is 17.8 Å². The minimum atomic E-state index is -1.10. The molecule has 0 spiro atoms. The summed E-state index contributed by atoms with van der Waals surface area (Å²) in [5.41, 5.74) is 2.39. The molecule has 1 saturated heterocycles. The Balaban J connectivity index is 2.30. The molecule has 2 rings (SSSR count). The van der Waals surface area contributed by atoms with Crippen LogP contribution in [-0.4, -0.2) is 46.9 Å². The highest BCUT2D eigenvalue weighted by Crippen LogP contribution is 2.16. The molecule has 1 aromatic rings. The smallest absolute Gasteiger partial charge is 0.305 e. The zero-order chi connectivity index (χ0) is 15.6. The number of nitrogens with one attached hydrogen (secondary N) is 1. The lowest BCUT2D eigenvalue weighted by atomic mass is 10.0. The number of piperazine rings is 1. The van der Waals surface area contributed by atoms with E-state index >= 15 is 0 Å². The third-order valence-electron chi connectivity index (χ3n) is 3.43. The summed E-state index contributed by atoms with van der Waals surface area (Å²) in [6, 6.07) is 4.50. The molecule has 1 aliphatic heterocycles. The fourth-order valence-electron chi connectivity index (χ4n) is 2.59. The van der Waals surface area contributed by atoms with Gasteiger partial charge in [-0.25, -0.2) is 0 Å². The number of carbonyl (C=O) groups excluding carboxylic acids is 2. The Labute approximate surface area is 122 Å². The van der Waals surface area contributed by atoms with Gasteiger partial charge in [0.1, 0.15) is 6.04 Å². The van der Waals surface area contributed by atoms with Gasteiger partial charge < -0.3 is 15.3 Å². The Morgan fingerprint density at radius 3 is 2.48 bits per heavy atom. The Morgan fingerprint density at radius 1 is 1.29 bits per heavy atom. The van der Waals surface area contributed by atoms with Gasteiger partial charge in [-0.2, -0.15) is 0 Å². The van der Waals surface area contributed by atoms with Gasteiger partial charge in [0.2, 0.25) is 5.91 Å². The van der Waals surface area contributed by atoms with Crippen molar-refractivity contribution < 1.29 is 19.5 Å². The van der Waals surface area contributed by atoms with Crippen LogP contribution in [-0.2, 0) is 9.59 Å². The second kappa shape index (κ2) is 5.95. The minimum absolute atomic E-state index is 0.303. The number of rotatable bonds is 3. The van der Waals surface area contributed by atoms with Crippen LogP contribution in [0.4, 0.5) is 0 Å². The van der Waals surface area contributed by atoms with Crippen LogP contribution in [0, 0.1) is 13.8 Å². The van der Waals surface area contributed by atoms with Crippen molar-refractivity contribution in [3.63, 3.8) is 0 Å². The molecule has 1 unspecified atom stereocenters. The monoisotopic (exact) mass is 290 g/mol. The summed E-state index contributed by atoms with van der Waals surface area (Å²) in [6.07, 6.45) is -0.387. The molecular formula is C15H18N2O4. The largest absolute Gasteiger partial charge is 0.481 e. The van der Waals surface area contributed by atoms with Gasteiger partial charge in [0.15, 0.2) is 0 Å². The predicted molar refractivity (Wildman–Crippen MR) is 76.0 cm³/mol. The van der Waals surface area contributed by atoms with E-state index in [2.05, 4.69) is 5.32 Å². The van der Waals surface area contributed by atoms with Crippen LogP contribution < -0.4 is 5.32 Å². The van der Waals surface area contributed by atoms with Gasteiger partial charge in [0.25, 0.3) is 5.91 Å². The summed E-state index contributed by atoms with van der Waals surface area (Å²) in [4.78, 5) is 36.7. The molecule has 1 heterocycles. The SMILES string of the molecule is Cc1cc(C)cc(C(=O)N2CCNC(=O)C2CC(=O)O)c1. The van der Waals surface area contributed by atoms with Crippen molar-refractivity contribution in [1.82, 2.24) is 10.2 Å². The van der Waals surface area contributed by atoms with Crippen molar-refractivity contribution in [2.24, 2.45) is 0 Å². The van der Waals surface area contributed by atoms with E-state index in [4.69, 9.17) is 5.11 Å². The molecule has 0 saturated carbocycles. The Kier molecular flexibility index (Phi) is 4.26. The maximum atomic E-state index is 12.6. The molecule has 1 fully saturated rings. The van der Waals surface area contributed by atoms with Crippen molar-refractivity contribution in [3.05, 3.63) is 34.9 Å². The number of hydrogen-bond donors (Lipinski definition) is 2. The quantitative estimate of drug-likeness (QED) is 0.858. The van der Waals surface area contributed by atoms with E-state index in [0.29, 0.717) is 18.7 Å². The molecule has 0 bridgehead atoms. The van der Waals surface area contributed by atoms with Gasteiger partial charge in [-0.15, -0.1) is 0 Å². The highest BCUT2D eigenvalue weighted by Gasteiger charge is 2.35. The van der Waals surface area contributed by atoms with Crippen molar-refractivity contribution in [2.45, 2.75) is 26.3 Å². The minimum Gasteiger partial charge on any atom is -0.481 e. The number of benzene rings is 1. The van der Waals surface area contributed by atoms with Crippen LogP contribution in [0.15, 0.2) is 18.2 Å². The lowest BCUT2D eigenvalue weighted by molar-refractivity contribution is -0.142. The zero-order valence-electron chi connectivity index (χ0n) is 12.0. The molecule has 0 radical (unpaired) electrons. The number of carbonyl (C=O) groups is 3. The number of carboxylic acids is 1. The van der Waals surface area contributed by atoms with E-state index in [1.165, 1.54) is 4.90 Å². The summed E-state index contributed by atoms with van der Waals surface area (Å²) in [5.74, 6) is -1.82. The van der Waals surface area contributed by atoms with Crippen LogP contribution in [0.25, 0.3) is 0 Å². The molecule has 6 heteroatoms. The lowest BCUT2D eigenvalue weighted by Gasteiger charge is -2.34. The molecule has 1 atom stereocenters. The van der Waals surface area contributed by atoms with E-state index in [-0.39, 0.29) is 12.3 Å². The van der Waals surface area contributed by atoms with E-state index < -0.39 is 17.9 Å². The molecule has 2 amide bonds. The topological polar surface area (TPSA) is 86.7 Å². The Morgan fingerprint density at radius 2 is 1.90 bits per heavy atom. The third kappa shape index (κ3) is 3.39. The summed E-state index contributed by atoms with van der Waals surface area (Å²) in [5, 5.41) is 11.5. The fourth-order valence-corrected chi connectivity index (χ4v) is 2.59. The average molecular weight is 290 g/mol. The van der Waals surface area contributed by atoms with E-state index in [0.717, 1.165) is 11.1 Å². The van der Waals surface area contributed by atoms with Gasteiger partial charge in [0, 0.05) is 18.7 Å². The fraction of sp³-hybridized carbons (Fsp3) is 0.400. The zero-order valence-corrected chi connectivity index (χ0v) is 12.0. The van der Waals surface area contributed by atoms with Crippen molar-refractivity contribution in [1.29, 1.82) is 0 Å². The number of hydrogen-bond acceptors (Lipinski definition) is 3. The maximum absolute atomic E-state index is 12.6.